The van der Waals surface area contributed by atoms with E-state index in [0.717, 1.165) is 51.1 Å². The zero-order valence-corrected chi connectivity index (χ0v) is 16.6. The van der Waals surface area contributed by atoms with Crippen LogP contribution in [0.25, 0.3) is 0 Å². The van der Waals surface area contributed by atoms with Crippen LogP contribution in [0, 0.1) is 11.3 Å². The van der Waals surface area contributed by atoms with Crippen molar-refractivity contribution in [2.45, 2.75) is 39.2 Å². The molecule has 2 amide bonds. The summed E-state index contributed by atoms with van der Waals surface area (Å²) in [6, 6.07) is 2.46. The van der Waals surface area contributed by atoms with E-state index in [1.54, 1.807) is 11.3 Å². The largest absolute Gasteiger partial charge is 0.342 e. The predicted molar refractivity (Wildman–Crippen MR) is 103 cm³/mol. The number of nitrogens with zero attached hydrogens (tertiary/aromatic N) is 3. The van der Waals surface area contributed by atoms with Crippen LogP contribution in [0.4, 0.5) is 0 Å². The van der Waals surface area contributed by atoms with Crippen molar-refractivity contribution in [2.75, 3.05) is 39.3 Å². The summed E-state index contributed by atoms with van der Waals surface area (Å²) in [6.45, 7) is 9.23. The van der Waals surface area contributed by atoms with Gasteiger partial charge >= 0.3 is 0 Å². The molecule has 0 spiro atoms. The standard InChI is InChI=1S/C20H29N3O2S/c1-15(2)22-10-17-11-23(18(24)9-16-5-8-26-12-16)14-20(17,13-22)19(25)21-6-3-4-7-21/h5,8,12,15,17H,3-4,6-7,9-11,13-14H2,1-2H3/t17-,20-/m0/s1. The van der Waals surface area contributed by atoms with Crippen LogP contribution in [0.15, 0.2) is 16.8 Å². The summed E-state index contributed by atoms with van der Waals surface area (Å²) in [5.41, 5.74) is 0.694. The van der Waals surface area contributed by atoms with Crippen molar-refractivity contribution in [3.8, 4) is 0 Å². The highest BCUT2D eigenvalue weighted by Gasteiger charge is 2.59. The van der Waals surface area contributed by atoms with Gasteiger partial charge in [-0.2, -0.15) is 11.3 Å². The number of thiophene rings is 1. The molecular formula is C20H29N3O2S. The number of likely N-dealkylation sites (tertiary alicyclic amines) is 3. The van der Waals surface area contributed by atoms with E-state index >= 15 is 0 Å². The summed E-state index contributed by atoms with van der Waals surface area (Å²) in [5, 5.41) is 4.06. The molecule has 4 rings (SSSR count). The minimum absolute atomic E-state index is 0.169. The first-order valence-electron chi connectivity index (χ1n) is 9.82. The van der Waals surface area contributed by atoms with Gasteiger partial charge in [0, 0.05) is 51.2 Å². The summed E-state index contributed by atoms with van der Waals surface area (Å²) in [4.78, 5) is 32.8. The van der Waals surface area contributed by atoms with E-state index in [1.807, 2.05) is 21.7 Å². The van der Waals surface area contributed by atoms with E-state index in [9.17, 15) is 9.59 Å². The summed E-state index contributed by atoms with van der Waals surface area (Å²) in [6.07, 6.45) is 2.68. The number of rotatable bonds is 4. The lowest BCUT2D eigenvalue weighted by Gasteiger charge is -2.33. The third-order valence-electron chi connectivity index (χ3n) is 6.47. The van der Waals surface area contributed by atoms with Crippen molar-refractivity contribution in [1.29, 1.82) is 0 Å². The van der Waals surface area contributed by atoms with Gasteiger partial charge in [0.15, 0.2) is 0 Å². The topological polar surface area (TPSA) is 43.9 Å². The third kappa shape index (κ3) is 3.07. The Kier molecular flexibility index (Phi) is 4.82. The lowest BCUT2D eigenvalue weighted by molar-refractivity contribution is -0.141. The molecule has 5 nitrogen and oxygen atoms in total. The Labute approximate surface area is 159 Å². The molecule has 3 aliphatic heterocycles. The molecule has 0 aliphatic carbocycles. The number of fused-ring (bicyclic) bond motifs is 1. The van der Waals surface area contributed by atoms with Gasteiger partial charge in [-0.25, -0.2) is 0 Å². The van der Waals surface area contributed by atoms with Crippen LogP contribution in [-0.2, 0) is 16.0 Å². The summed E-state index contributed by atoms with van der Waals surface area (Å²) >= 11 is 1.63. The predicted octanol–water partition coefficient (Wildman–Crippen LogP) is 2.08. The molecule has 1 aromatic rings. The first-order valence-corrected chi connectivity index (χ1v) is 10.8. The van der Waals surface area contributed by atoms with Crippen LogP contribution in [-0.4, -0.2) is 71.8 Å². The van der Waals surface area contributed by atoms with E-state index in [-0.39, 0.29) is 17.2 Å². The van der Waals surface area contributed by atoms with Crippen LogP contribution in [0.1, 0.15) is 32.3 Å². The molecule has 3 aliphatic rings. The highest BCUT2D eigenvalue weighted by Crippen LogP contribution is 2.45. The molecule has 3 fully saturated rings. The fourth-order valence-corrected chi connectivity index (χ4v) is 5.57. The van der Waals surface area contributed by atoms with Gasteiger partial charge in [-0.05, 0) is 49.1 Å². The zero-order chi connectivity index (χ0) is 18.3. The highest BCUT2D eigenvalue weighted by molar-refractivity contribution is 7.08. The molecule has 0 saturated carbocycles. The quantitative estimate of drug-likeness (QED) is 0.809. The van der Waals surface area contributed by atoms with Crippen molar-refractivity contribution in [2.24, 2.45) is 11.3 Å². The number of hydrogen-bond donors (Lipinski definition) is 0. The SMILES string of the molecule is CC(C)N1C[C@H]2CN(C(=O)Cc3ccsc3)C[C@@]2(C(=O)N2CCCC2)C1. The van der Waals surface area contributed by atoms with Crippen molar-refractivity contribution in [3.05, 3.63) is 22.4 Å². The van der Waals surface area contributed by atoms with Crippen LogP contribution in [0.2, 0.25) is 0 Å². The Balaban J connectivity index is 1.53. The maximum Gasteiger partial charge on any atom is 0.232 e. The van der Waals surface area contributed by atoms with E-state index in [0.29, 0.717) is 24.9 Å². The van der Waals surface area contributed by atoms with Crippen molar-refractivity contribution in [1.82, 2.24) is 14.7 Å². The molecule has 0 N–H and O–H groups in total. The van der Waals surface area contributed by atoms with Crippen LogP contribution < -0.4 is 0 Å². The second-order valence-electron chi connectivity index (χ2n) is 8.46. The molecule has 2 atom stereocenters. The second kappa shape index (κ2) is 6.97. The van der Waals surface area contributed by atoms with Crippen LogP contribution in [0.5, 0.6) is 0 Å². The Morgan fingerprint density at radius 3 is 2.62 bits per heavy atom. The molecule has 4 heterocycles. The van der Waals surface area contributed by atoms with Crippen molar-refractivity contribution in [3.63, 3.8) is 0 Å². The van der Waals surface area contributed by atoms with E-state index < -0.39 is 0 Å². The van der Waals surface area contributed by atoms with Gasteiger partial charge in [0.05, 0.1) is 11.8 Å². The van der Waals surface area contributed by atoms with Gasteiger partial charge in [-0.15, -0.1) is 0 Å². The highest BCUT2D eigenvalue weighted by atomic mass is 32.1. The monoisotopic (exact) mass is 375 g/mol. The minimum Gasteiger partial charge on any atom is -0.342 e. The lowest BCUT2D eigenvalue weighted by atomic mass is 9.79. The Bertz CT molecular complexity index is 669. The van der Waals surface area contributed by atoms with E-state index in [1.165, 1.54) is 0 Å². The van der Waals surface area contributed by atoms with Crippen molar-refractivity contribution >= 4 is 23.2 Å². The smallest absolute Gasteiger partial charge is 0.232 e. The van der Waals surface area contributed by atoms with E-state index in [4.69, 9.17) is 0 Å². The average Bonchev–Trinajstić information content (AvgIpc) is 3.36. The van der Waals surface area contributed by atoms with Crippen LogP contribution >= 0.6 is 11.3 Å². The molecule has 0 radical (unpaired) electrons. The van der Waals surface area contributed by atoms with Crippen molar-refractivity contribution < 1.29 is 9.59 Å². The summed E-state index contributed by atoms with van der Waals surface area (Å²) in [5.74, 6) is 0.737. The number of hydrogen-bond acceptors (Lipinski definition) is 4. The number of carbonyl (C=O) groups excluding carboxylic acids is 2. The summed E-state index contributed by atoms with van der Waals surface area (Å²) in [7, 11) is 0. The molecule has 142 valence electrons. The fourth-order valence-electron chi connectivity index (χ4n) is 4.90. The van der Waals surface area contributed by atoms with Gasteiger partial charge in [0.25, 0.3) is 0 Å². The average molecular weight is 376 g/mol. The normalized spacial score (nSPS) is 29.0. The zero-order valence-electron chi connectivity index (χ0n) is 15.8. The Hall–Kier alpha value is -1.40. The Morgan fingerprint density at radius 1 is 1.19 bits per heavy atom. The van der Waals surface area contributed by atoms with Gasteiger partial charge in [0.2, 0.25) is 11.8 Å². The lowest BCUT2D eigenvalue weighted by Crippen LogP contribution is -2.49. The first kappa shape index (κ1) is 18.0. The van der Waals surface area contributed by atoms with E-state index in [2.05, 4.69) is 23.6 Å². The maximum atomic E-state index is 13.5. The molecule has 6 heteroatoms. The molecule has 0 unspecified atom stereocenters. The number of amides is 2. The molecule has 0 aromatic carbocycles. The molecule has 0 bridgehead atoms. The second-order valence-corrected chi connectivity index (χ2v) is 9.24. The minimum atomic E-state index is -0.390. The summed E-state index contributed by atoms with van der Waals surface area (Å²) < 4.78 is 0. The molecule has 1 aromatic heterocycles. The molecule has 26 heavy (non-hydrogen) atoms. The van der Waals surface area contributed by atoms with Gasteiger partial charge in [-0.3, -0.25) is 14.5 Å². The molecular weight excluding hydrogens is 346 g/mol. The van der Waals surface area contributed by atoms with Gasteiger partial charge < -0.3 is 9.80 Å². The fraction of sp³-hybridized carbons (Fsp3) is 0.700. The Morgan fingerprint density at radius 2 is 1.96 bits per heavy atom. The first-order chi connectivity index (χ1) is 12.5. The van der Waals surface area contributed by atoms with Gasteiger partial charge in [-0.1, -0.05) is 0 Å². The maximum absolute atomic E-state index is 13.5. The van der Waals surface area contributed by atoms with Crippen LogP contribution in [0.3, 0.4) is 0 Å². The van der Waals surface area contributed by atoms with Gasteiger partial charge in [0.1, 0.15) is 0 Å². The molecule has 3 saturated heterocycles. The number of carbonyl (C=O) groups is 2. The third-order valence-corrected chi connectivity index (χ3v) is 7.21.